The van der Waals surface area contributed by atoms with E-state index in [1.54, 1.807) is 38.2 Å². The summed E-state index contributed by atoms with van der Waals surface area (Å²) in [6, 6.07) is 14.3. The van der Waals surface area contributed by atoms with Crippen molar-refractivity contribution in [3.8, 4) is 0 Å². The van der Waals surface area contributed by atoms with E-state index in [-0.39, 0.29) is 17.8 Å². The summed E-state index contributed by atoms with van der Waals surface area (Å²) in [5.41, 5.74) is 2.14. The molecule has 2 aromatic carbocycles. The molecule has 5 nitrogen and oxygen atoms in total. The summed E-state index contributed by atoms with van der Waals surface area (Å²) < 4.78 is 13.7. The third-order valence-corrected chi connectivity index (χ3v) is 4.24. The number of nitrogens with one attached hydrogen (secondary N) is 3. The Kier molecular flexibility index (Phi) is 7.79. The van der Waals surface area contributed by atoms with Crippen LogP contribution < -0.4 is 16.0 Å². The molecule has 2 rings (SSSR count). The summed E-state index contributed by atoms with van der Waals surface area (Å²) in [5, 5.41) is 9.33. The zero-order valence-corrected chi connectivity index (χ0v) is 16.1. The van der Waals surface area contributed by atoms with E-state index in [4.69, 9.17) is 0 Å². The lowest BCUT2D eigenvalue weighted by Crippen LogP contribution is -2.40. The van der Waals surface area contributed by atoms with Crippen LogP contribution >= 0.6 is 0 Å². The van der Waals surface area contributed by atoms with Crippen LogP contribution in [0.1, 0.15) is 40.9 Å². The average Bonchev–Trinajstić information content (AvgIpc) is 2.69. The first-order valence-electron chi connectivity index (χ1n) is 9.07. The fourth-order valence-corrected chi connectivity index (χ4v) is 2.55. The molecule has 0 aliphatic carbocycles. The fraction of sp³-hybridized carbons (Fsp3) is 0.333. The summed E-state index contributed by atoms with van der Waals surface area (Å²) >= 11 is 0. The smallest absolute Gasteiger partial charge is 0.251 e. The van der Waals surface area contributed by atoms with Crippen LogP contribution in [-0.4, -0.2) is 32.0 Å². The van der Waals surface area contributed by atoms with Gasteiger partial charge in [0.1, 0.15) is 5.82 Å². The Labute approximate surface area is 160 Å². The van der Waals surface area contributed by atoms with Gasteiger partial charge in [-0.3, -0.25) is 9.79 Å². The lowest BCUT2D eigenvalue weighted by molar-refractivity contribution is 0.0953. The third kappa shape index (κ3) is 6.40. The minimum absolute atomic E-state index is 0.0758. The number of carbonyl (C=O) groups is 1. The van der Waals surface area contributed by atoms with Crippen LogP contribution in [0.2, 0.25) is 0 Å². The second-order valence-electron chi connectivity index (χ2n) is 6.35. The number of hydrogen-bond donors (Lipinski definition) is 3. The summed E-state index contributed by atoms with van der Waals surface area (Å²) in [4.78, 5) is 16.1. The van der Waals surface area contributed by atoms with E-state index in [0.29, 0.717) is 30.2 Å². The van der Waals surface area contributed by atoms with Gasteiger partial charge >= 0.3 is 0 Å². The second-order valence-corrected chi connectivity index (χ2v) is 6.35. The number of aliphatic imine (C=N–C) groups is 1. The van der Waals surface area contributed by atoms with Gasteiger partial charge in [-0.15, -0.1) is 0 Å². The number of amides is 1. The molecule has 27 heavy (non-hydrogen) atoms. The minimum atomic E-state index is -0.210. The number of hydrogen-bond acceptors (Lipinski definition) is 2. The van der Waals surface area contributed by atoms with Gasteiger partial charge in [0.2, 0.25) is 0 Å². The van der Waals surface area contributed by atoms with E-state index in [0.717, 1.165) is 12.0 Å². The molecule has 3 N–H and O–H groups in total. The van der Waals surface area contributed by atoms with Gasteiger partial charge in [0.15, 0.2) is 5.96 Å². The van der Waals surface area contributed by atoms with Crippen LogP contribution in [0.4, 0.5) is 4.39 Å². The number of halogens is 1. The van der Waals surface area contributed by atoms with Crippen molar-refractivity contribution in [3.05, 3.63) is 71.0 Å². The number of nitrogens with zero attached hydrogens (tertiary/aromatic N) is 1. The molecular weight excluding hydrogens is 343 g/mol. The Morgan fingerprint density at radius 1 is 1.11 bits per heavy atom. The molecule has 0 fully saturated rings. The van der Waals surface area contributed by atoms with Crippen molar-refractivity contribution in [1.82, 2.24) is 16.0 Å². The van der Waals surface area contributed by atoms with Crippen LogP contribution in [0.5, 0.6) is 0 Å². The van der Waals surface area contributed by atoms with Crippen molar-refractivity contribution in [2.45, 2.75) is 26.3 Å². The monoisotopic (exact) mass is 370 g/mol. The SMILES string of the molecule is CN=C(NCCCNC(=O)c1ccccc1)NC(C)c1ccc(C)c(F)c1. The van der Waals surface area contributed by atoms with E-state index in [1.165, 1.54) is 0 Å². The van der Waals surface area contributed by atoms with E-state index >= 15 is 0 Å². The Hall–Kier alpha value is -2.89. The van der Waals surface area contributed by atoms with Crippen LogP contribution in [0, 0.1) is 12.7 Å². The van der Waals surface area contributed by atoms with Crippen molar-refractivity contribution < 1.29 is 9.18 Å². The maximum Gasteiger partial charge on any atom is 0.251 e. The zero-order valence-electron chi connectivity index (χ0n) is 16.1. The maximum atomic E-state index is 13.7. The summed E-state index contributed by atoms with van der Waals surface area (Å²) in [6.07, 6.45) is 0.757. The highest BCUT2D eigenvalue weighted by Gasteiger charge is 2.09. The van der Waals surface area contributed by atoms with Gasteiger partial charge in [-0.2, -0.15) is 0 Å². The molecule has 1 amide bonds. The van der Waals surface area contributed by atoms with Crippen molar-refractivity contribution >= 4 is 11.9 Å². The van der Waals surface area contributed by atoms with Crippen molar-refractivity contribution in [3.63, 3.8) is 0 Å². The molecule has 0 saturated heterocycles. The number of aryl methyl sites for hydroxylation is 1. The predicted octanol–water partition coefficient (Wildman–Crippen LogP) is 3.18. The molecule has 0 aliphatic rings. The van der Waals surface area contributed by atoms with Gasteiger partial charge in [0.05, 0.1) is 6.04 Å². The van der Waals surface area contributed by atoms with Crippen molar-refractivity contribution in [1.29, 1.82) is 0 Å². The lowest BCUT2D eigenvalue weighted by atomic mass is 10.1. The first kappa shape index (κ1) is 20.4. The first-order chi connectivity index (χ1) is 13.0. The van der Waals surface area contributed by atoms with Gasteiger partial charge in [-0.1, -0.05) is 30.3 Å². The molecule has 0 spiro atoms. The molecule has 0 bridgehead atoms. The number of benzene rings is 2. The molecule has 0 heterocycles. The summed E-state index contributed by atoms with van der Waals surface area (Å²) in [6.45, 7) is 4.92. The van der Waals surface area contributed by atoms with Crippen molar-refractivity contribution in [2.75, 3.05) is 20.1 Å². The summed E-state index contributed by atoms with van der Waals surface area (Å²) in [7, 11) is 1.69. The predicted molar refractivity (Wildman–Crippen MR) is 107 cm³/mol. The van der Waals surface area contributed by atoms with Crippen LogP contribution in [-0.2, 0) is 0 Å². The lowest BCUT2D eigenvalue weighted by Gasteiger charge is -2.18. The van der Waals surface area contributed by atoms with E-state index in [2.05, 4.69) is 20.9 Å². The van der Waals surface area contributed by atoms with Gasteiger partial charge in [0, 0.05) is 25.7 Å². The largest absolute Gasteiger partial charge is 0.356 e. The minimum Gasteiger partial charge on any atom is -0.356 e. The number of carbonyl (C=O) groups excluding carboxylic acids is 1. The molecule has 1 atom stereocenters. The van der Waals surface area contributed by atoms with E-state index in [9.17, 15) is 9.18 Å². The van der Waals surface area contributed by atoms with E-state index in [1.807, 2.05) is 31.2 Å². The Morgan fingerprint density at radius 2 is 1.81 bits per heavy atom. The van der Waals surface area contributed by atoms with Gasteiger partial charge in [-0.25, -0.2) is 4.39 Å². The molecule has 6 heteroatoms. The molecule has 1 unspecified atom stereocenters. The summed E-state index contributed by atoms with van der Waals surface area (Å²) in [5.74, 6) is 0.351. The van der Waals surface area contributed by atoms with Crippen LogP contribution in [0.25, 0.3) is 0 Å². The molecular formula is C21H27FN4O. The van der Waals surface area contributed by atoms with Gasteiger partial charge in [-0.05, 0) is 49.6 Å². The van der Waals surface area contributed by atoms with Crippen molar-refractivity contribution in [2.24, 2.45) is 4.99 Å². The maximum absolute atomic E-state index is 13.7. The van der Waals surface area contributed by atoms with Crippen LogP contribution in [0.15, 0.2) is 53.5 Å². The third-order valence-electron chi connectivity index (χ3n) is 4.24. The van der Waals surface area contributed by atoms with Crippen LogP contribution in [0.3, 0.4) is 0 Å². The zero-order chi connectivity index (χ0) is 19.6. The first-order valence-corrected chi connectivity index (χ1v) is 9.07. The Bertz CT molecular complexity index is 777. The molecule has 144 valence electrons. The number of rotatable bonds is 7. The quantitative estimate of drug-likeness (QED) is 0.398. The Balaban J connectivity index is 1.72. The standard InChI is InChI=1S/C21H27FN4O/c1-15-10-11-18(14-19(15)22)16(2)26-21(23-3)25-13-7-12-24-20(27)17-8-5-4-6-9-17/h4-6,8-11,14,16H,7,12-13H2,1-3H3,(H,24,27)(H2,23,25,26). The fourth-order valence-electron chi connectivity index (χ4n) is 2.55. The second kappa shape index (κ2) is 10.3. The normalized spacial score (nSPS) is 12.4. The highest BCUT2D eigenvalue weighted by molar-refractivity contribution is 5.94. The highest BCUT2D eigenvalue weighted by Crippen LogP contribution is 2.16. The molecule has 0 aliphatic heterocycles. The van der Waals surface area contributed by atoms with Gasteiger partial charge in [0.25, 0.3) is 5.91 Å². The van der Waals surface area contributed by atoms with Gasteiger partial charge < -0.3 is 16.0 Å². The molecule has 0 saturated carbocycles. The average molecular weight is 370 g/mol. The molecule has 0 aromatic heterocycles. The van der Waals surface area contributed by atoms with E-state index < -0.39 is 0 Å². The highest BCUT2D eigenvalue weighted by atomic mass is 19.1. The number of guanidine groups is 1. The molecule has 2 aromatic rings. The molecule has 0 radical (unpaired) electrons. The topological polar surface area (TPSA) is 65.5 Å². The Morgan fingerprint density at radius 3 is 2.48 bits per heavy atom.